The fourth-order valence-electron chi connectivity index (χ4n) is 2.39. The van der Waals surface area contributed by atoms with Crippen molar-refractivity contribution in [3.63, 3.8) is 0 Å². The molecule has 2 aliphatic rings. The molecular formula is C12H18N2O3. The number of carboxylic acid groups (broad SMARTS) is 1. The Balaban J connectivity index is 1.78. The Hall–Kier alpha value is -1.36. The number of hydrogen-bond acceptors (Lipinski definition) is 3. The van der Waals surface area contributed by atoms with Crippen molar-refractivity contribution in [3.8, 4) is 0 Å². The third kappa shape index (κ3) is 3.06. The Morgan fingerprint density at radius 2 is 1.71 bits per heavy atom. The third-order valence-corrected chi connectivity index (χ3v) is 3.40. The Labute approximate surface area is 101 Å². The first-order chi connectivity index (χ1) is 8.16. The summed E-state index contributed by atoms with van der Waals surface area (Å²) in [7, 11) is 0. The number of rotatable bonds is 3. The zero-order valence-electron chi connectivity index (χ0n) is 9.84. The number of carbonyl (C=O) groups excluding carboxylic acids is 1. The van der Waals surface area contributed by atoms with E-state index in [-0.39, 0.29) is 18.4 Å². The highest BCUT2D eigenvalue weighted by molar-refractivity contribution is 5.79. The predicted octanol–water partition coefficient (Wildman–Crippen LogP) is 0.181. The summed E-state index contributed by atoms with van der Waals surface area (Å²) in [5.41, 5.74) is 0. The van der Waals surface area contributed by atoms with Gasteiger partial charge in [-0.3, -0.25) is 14.5 Å². The van der Waals surface area contributed by atoms with Crippen LogP contribution in [-0.2, 0) is 9.59 Å². The van der Waals surface area contributed by atoms with Crippen LogP contribution in [0, 0.1) is 5.92 Å². The van der Waals surface area contributed by atoms with Gasteiger partial charge < -0.3 is 10.0 Å². The molecular weight excluding hydrogens is 220 g/mol. The van der Waals surface area contributed by atoms with Gasteiger partial charge in [-0.25, -0.2) is 0 Å². The summed E-state index contributed by atoms with van der Waals surface area (Å²) in [6, 6.07) is 0. The van der Waals surface area contributed by atoms with Crippen LogP contribution in [0.15, 0.2) is 12.2 Å². The molecule has 0 radical (unpaired) electrons. The van der Waals surface area contributed by atoms with Gasteiger partial charge in [-0.15, -0.1) is 0 Å². The first-order valence-corrected chi connectivity index (χ1v) is 6.05. The number of allylic oxidation sites excluding steroid dienone is 2. The van der Waals surface area contributed by atoms with E-state index in [9.17, 15) is 9.59 Å². The van der Waals surface area contributed by atoms with E-state index >= 15 is 0 Å². The molecule has 2 rings (SSSR count). The lowest BCUT2D eigenvalue weighted by Crippen LogP contribution is -2.51. The smallest absolute Gasteiger partial charge is 0.317 e. The second-order valence-electron chi connectivity index (χ2n) is 4.63. The van der Waals surface area contributed by atoms with Gasteiger partial charge >= 0.3 is 5.97 Å². The normalized spacial score (nSPS) is 22.0. The number of aliphatic carboxylic acids is 1. The summed E-state index contributed by atoms with van der Waals surface area (Å²) in [5.74, 6) is -0.448. The van der Waals surface area contributed by atoms with E-state index in [0.29, 0.717) is 26.2 Å². The van der Waals surface area contributed by atoms with Crippen molar-refractivity contribution in [2.45, 2.75) is 12.8 Å². The Kier molecular flexibility index (Phi) is 3.78. The van der Waals surface area contributed by atoms with E-state index in [1.54, 1.807) is 0 Å². The largest absolute Gasteiger partial charge is 0.480 e. The molecule has 0 bridgehead atoms. The molecule has 0 aromatic heterocycles. The Morgan fingerprint density at radius 1 is 1.12 bits per heavy atom. The molecule has 1 aliphatic heterocycles. The summed E-state index contributed by atoms with van der Waals surface area (Å²) < 4.78 is 0. The van der Waals surface area contributed by atoms with Crippen molar-refractivity contribution < 1.29 is 14.7 Å². The van der Waals surface area contributed by atoms with E-state index < -0.39 is 5.97 Å². The monoisotopic (exact) mass is 238 g/mol. The number of carboxylic acids is 1. The standard InChI is InChI=1S/C12H18N2O3/c15-11(16)9-13-5-7-14(8-6-13)12(17)10-3-1-2-4-10/h1-2,10H,3-9H2,(H,15,16). The van der Waals surface area contributed by atoms with E-state index in [0.717, 1.165) is 12.8 Å². The van der Waals surface area contributed by atoms with Gasteiger partial charge in [0, 0.05) is 32.1 Å². The van der Waals surface area contributed by atoms with Crippen LogP contribution in [0.25, 0.3) is 0 Å². The van der Waals surface area contributed by atoms with Gasteiger partial charge in [0.15, 0.2) is 0 Å². The SMILES string of the molecule is O=C(O)CN1CCN(C(=O)C2CC=CC2)CC1. The summed E-state index contributed by atoms with van der Waals surface area (Å²) >= 11 is 0. The molecule has 0 aromatic carbocycles. The van der Waals surface area contributed by atoms with Gasteiger partial charge in [0.25, 0.3) is 0 Å². The minimum absolute atomic E-state index is 0.0764. The molecule has 5 heteroatoms. The van der Waals surface area contributed by atoms with Crippen LogP contribution in [0.1, 0.15) is 12.8 Å². The molecule has 0 saturated carbocycles. The van der Waals surface area contributed by atoms with Crippen LogP contribution in [0.5, 0.6) is 0 Å². The van der Waals surface area contributed by atoms with E-state index in [2.05, 4.69) is 12.2 Å². The van der Waals surface area contributed by atoms with Crippen LogP contribution < -0.4 is 0 Å². The molecule has 0 spiro atoms. The van der Waals surface area contributed by atoms with Crippen LogP contribution in [0.3, 0.4) is 0 Å². The first kappa shape index (κ1) is 12.1. The summed E-state index contributed by atoms with van der Waals surface area (Å²) in [6.07, 6.45) is 5.83. The zero-order valence-corrected chi connectivity index (χ0v) is 9.84. The molecule has 94 valence electrons. The van der Waals surface area contributed by atoms with Gasteiger partial charge in [0.05, 0.1) is 6.54 Å². The summed E-state index contributed by atoms with van der Waals surface area (Å²) in [6.45, 7) is 2.72. The van der Waals surface area contributed by atoms with Crippen molar-refractivity contribution in [2.24, 2.45) is 5.92 Å². The summed E-state index contributed by atoms with van der Waals surface area (Å²) in [4.78, 5) is 26.4. The van der Waals surface area contributed by atoms with Crippen LogP contribution in [-0.4, -0.2) is 59.5 Å². The van der Waals surface area contributed by atoms with E-state index in [1.807, 2.05) is 9.80 Å². The fourth-order valence-corrected chi connectivity index (χ4v) is 2.39. The molecule has 1 saturated heterocycles. The molecule has 1 heterocycles. The van der Waals surface area contributed by atoms with Crippen LogP contribution >= 0.6 is 0 Å². The van der Waals surface area contributed by atoms with Gasteiger partial charge in [-0.2, -0.15) is 0 Å². The van der Waals surface area contributed by atoms with E-state index in [1.165, 1.54) is 0 Å². The predicted molar refractivity (Wildman–Crippen MR) is 62.5 cm³/mol. The number of carbonyl (C=O) groups is 2. The number of piperazine rings is 1. The van der Waals surface area contributed by atoms with Crippen molar-refractivity contribution in [2.75, 3.05) is 32.7 Å². The van der Waals surface area contributed by atoms with E-state index in [4.69, 9.17) is 5.11 Å². The molecule has 1 aliphatic carbocycles. The first-order valence-electron chi connectivity index (χ1n) is 6.05. The quantitative estimate of drug-likeness (QED) is 0.713. The summed E-state index contributed by atoms with van der Waals surface area (Å²) in [5, 5.41) is 8.68. The molecule has 1 amide bonds. The highest BCUT2D eigenvalue weighted by Gasteiger charge is 2.27. The number of amides is 1. The van der Waals surface area contributed by atoms with Crippen molar-refractivity contribution in [1.82, 2.24) is 9.80 Å². The van der Waals surface area contributed by atoms with Crippen LogP contribution in [0.2, 0.25) is 0 Å². The van der Waals surface area contributed by atoms with Crippen LogP contribution in [0.4, 0.5) is 0 Å². The minimum atomic E-state index is -0.801. The molecule has 1 fully saturated rings. The molecule has 1 N–H and O–H groups in total. The lowest BCUT2D eigenvalue weighted by molar-refractivity contribution is -0.140. The highest BCUT2D eigenvalue weighted by Crippen LogP contribution is 2.20. The maximum absolute atomic E-state index is 12.1. The molecule has 5 nitrogen and oxygen atoms in total. The van der Waals surface area contributed by atoms with Gasteiger partial charge in [0.2, 0.25) is 5.91 Å². The number of hydrogen-bond donors (Lipinski definition) is 1. The molecule has 0 aromatic rings. The Bertz CT molecular complexity index is 325. The van der Waals surface area contributed by atoms with Crippen molar-refractivity contribution in [1.29, 1.82) is 0 Å². The number of nitrogens with zero attached hydrogens (tertiary/aromatic N) is 2. The lowest BCUT2D eigenvalue weighted by atomic mass is 10.1. The lowest BCUT2D eigenvalue weighted by Gasteiger charge is -2.35. The highest BCUT2D eigenvalue weighted by atomic mass is 16.4. The topological polar surface area (TPSA) is 60.9 Å². The second-order valence-corrected chi connectivity index (χ2v) is 4.63. The maximum Gasteiger partial charge on any atom is 0.317 e. The van der Waals surface area contributed by atoms with Gasteiger partial charge in [0.1, 0.15) is 0 Å². The molecule has 17 heavy (non-hydrogen) atoms. The maximum atomic E-state index is 12.1. The third-order valence-electron chi connectivity index (χ3n) is 3.40. The zero-order chi connectivity index (χ0) is 12.3. The Morgan fingerprint density at radius 3 is 2.24 bits per heavy atom. The fraction of sp³-hybridized carbons (Fsp3) is 0.667. The second kappa shape index (κ2) is 5.31. The average molecular weight is 238 g/mol. The van der Waals surface area contributed by atoms with Crippen molar-refractivity contribution >= 4 is 11.9 Å². The van der Waals surface area contributed by atoms with Gasteiger partial charge in [-0.05, 0) is 12.8 Å². The van der Waals surface area contributed by atoms with Crippen molar-refractivity contribution in [3.05, 3.63) is 12.2 Å². The average Bonchev–Trinajstić information content (AvgIpc) is 2.82. The van der Waals surface area contributed by atoms with Gasteiger partial charge in [-0.1, -0.05) is 12.2 Å². The molecule has 0 atom stereocenters. The molecule has 0 unspecified atom stereocenters. The minimum Gasteiger partial charge on any atom is -0.480 e.